The molecule has 198 valence electrons. The number of benzene rings is 3. The van der Waals surface area contributed by atoms with Gasteiger partial charge in [0.2, 0.25) is 5.75 Å². The van der Waals surface area contributed by atoms with E-state index in [1.807, 2.05) is 72.8 Å². The Labute approximate surface area is 225 Å². The molecule has 0 aliphatic carbocycles. The maximum Gasteiger partial charge on any atom is 0.255 e. The summed E-state index contributed by atoms with van der Waals surface area (Å²) in [5, 5.41) is 16.1. The summed E-state index contributed by atoms with van der Waals surface area (Å²) in [5.41, 5.74) is 4.30. The third-order valence-corrected chi connectivity index (χ3v) is 6.11. The lowest BCUT2D eigenvalue weighted by molar-refractivity contribution is 0.0951. The SMILES string of the molecule is COc1cc(Cn2cc(CNC(=O)c3cn(-c4ccccc4)nc3-c3ccccc3)nn2)cc(OC)c1OC. The van der Waals surface area contributed by atoms with E-state index >= 15 is 0 Å². The quantitative estimate of drug-likeness (QED) is 0.293. The van der Waals surface area contributed by atoms with Crippen molar-refractivity contribution in [3.8, 4) is 34.2 Å². The standard InChI is InChI=1S/C29H28N6O4/c1-37-25-14-20(15-26(38-2)28(25)39-3)17-34-18-22(31-33-34)16-30-29(36)24-19-35(23-12-8-5-9-13-23)32-27(24)21-10-6-4-7-11-21/h4-15,18-19H,16-17H2,1-3H3,(H,30,36). The van der Waals surface area contributed by atoms with Gasteiger partial charge in [-0.15, -0.1) is 5.10 Å². The average molecular weight is 525 g/mol. The summed E-state index contributed by atoms with van der Waals surface area (Å²) in [6, 6.07) is 23.0. The lowest BCUT2D eigenvalue weighted by Gasteiger charge is -2.14. The summed E-state index contributed by atoms with van der Waals surface area (Å²) in [4.78, 5) is 13.3. The molecule has 10 nitrogen and oxygen atoms in total. The molecule has 2 aromatic heterocycles. The number of carbonyl (C=O) groups is 1. The summed E-state index contributed by atoms with van der Waals surface area (Å²) in [7, 11) is 4.71. The summed E-state index contributed by atoms with van der Waals surface area (Å²) >= 11 is 0. The third kappa shape index (κ3) is 5.59. The predicted octanol–water partition coefficient (Wildman–Crippen LogP) is 4.13. The zero-order valence-electron chi connectivity index (χ0n) is 21.9. The van der Waals surface area contributed by atoms with E-state index in [0.717, 1.165) is 16.8 Å². The van der Waals surface area contributed by atoms with Crippen LogP contribution in [0.5, 0.6) is 17.2 Å². The second-order valence-corrected chi connectivity index (χ2v) is 8.66. The first-order chi connectivity index (χ1) is 19.1. The molecule has 39 heavy (non-hydrogen) atoms. The molecule has 0 aliphatic heterocycles. The molecule has 1 amide bonds. The molecule has 0 atom stereocenters. The van der Waals surface area contributed by atoms with Gasteiger partial charge in [0, 0.05) is 11.8 Å². The van der Waals surface area contributed by atoms with Crippen molar-refractivity contribution in [3.05, 3.63) is 102 Å². The highest BCUT2D eigenvalue weighted by Gasteiger charge is 2.19. The Bertz CT molecular complexity index is 1540. The monoisotopic (exact) mass is 524 g/mol. The molecule has 3 aromatic carbocycles. The molecule has 0 saturated heterocycles. The summed E-state index contributed by atoms with van der Waals surface area (Å²) in [6.07, 6.45) is 3.53. The molecule has 2 heterocycles. The van der Waals surface area contributed by atoms with Gasteiger partial charge < -0.3 is 19.5 Å². The summed E-state index contributed by atoms with van der Waals surface area (Å²) < 4.78 is 19.7. The van der Waals surface area contributed by atoms with Crippen LogP contribution in [0, 0.1) is 0 Å². The van der Waals surface area contributed by atoms with Crippen LogP contribution in [0.4, 0.5) is 0 Å². The smallest absolute Gasteiger partial charge is 0.255 e. The van der Waals surface area contributed by atoms with Crippen LogP contribution in [0.3, 0.4) is 0 Å². The minimum atomic E-state index is -0.254. The maximum absolute atomic E-state index is 13.3. The topological polar surface area (TPSA) is 105 Å². The molecule has 5 rings (SSSR count). The zero-order chi connectivity index (χ0) is 27.2. The molecule has 0 spiro atoms. The summed E-state index contributed by atoms with van der Waals surface area (Å²) in [5.74, 6) is 1.39. The van der Waals surface area contributed by atoms with E-state index in [9.17, 15) is 4.79 Å². The Morgan fingerprint density at radius 1 is 0.872 bits per heavy atom. The van der Waals surface area contributed by atoms with Crippen LogP contribution in [0.15, 0.2) is 85.2 Å². The fourth-order valence-corrected chi connectivity index (χ4v) is 4.24. The molecule has 5 aromatic rings. The number of nitrogens with zero attached hydrogens (tertiary/aromatic N) is 5. The van der Waals surface area contributed by atoms with Crippen molar-refractivity contribution in [2.75, 3.05) is 21.3 Å². The number of ether oxygens (including phenoxy) is 3. The molecule has 1 N–H and O–H groups in total. The van der Waals surface area contributed by atoms with E-state index in [1.165, 1.54) is 0 Å². The molecule has 0 saturated carbocycles. The average Bonchev–Trinajstić information content (AvgIpc) is 3.64. The van der Waals surface area contributed by atoms with Crippen LogP contribution in [-0.4, -0.2) is 52.0 Å². The number of carbonyl (C=O) groups excluding carboxylic acids is 1. The van der Waals surface area contributed by atoms with Crippen molar-refractivity contribution in [1.29, 1.82) is 0 Å². The van der Waals surface area contributed by atoms with Gasteiger partial charge in [0.15, 0.2) is 11.5 Å². The van der Waals surface area contributed by atoms with Crippen molar-refractivity contribution < 1.29 is 19.0 Å². The van der Waals surface area contributed by atoms with Crippen molar-refractivity contribution in [2.24, 2.45) is 0 Å². The van der Waals surface area contributed by atoms with Crippen LogP contribution >= 0.6 is 0 Å². The Kier molecular flexibility index (Phi) is 7.53. The van der Waals surface area contributed by atoms with E-state index in [0.29, 0.717) is 40.7 Å². The lowest BCUT2D eigenvalue weighted by Crippen LogP contribution is -2.23. The van der Waals surface area contributed by atoms with E-state index in [4.69, 9.17) is 19.3 Å². The van der Waals surface area contributed by atoms with Crippen molar-refractivity contribution in [3.63, 3.8) is 0 Å². The van der Waals surface area contributed by atoms with Crippen LogP contribution in [-0.2, 0) is 13.1 Å². The van der Waals surface area contributed by atoms with Crippen LogP contribution in [0.25, 0.3) is 16.9 Å². The highest BCUT2D eigenvalue weighted by molar-refractivity contribution is 5.99. The van der Waals surface area contributed by atoms with Crippen molar-refractivity contribution in [2.45, 2.75) is 13.1 Å². The van der Waals surface area contributed by atoms with E-state index in [-0.39, 0.29) is 12.5 Å². The first-order valence-electron chi connectivity index (χ1n) is 12.3. The molecule has 0 bridgehead atoms. The number of aromatic nitrogens is 5. The van der Waals surface area contributed by atoms with E-state index < -0.39 is 0 Å². The van der Waals surface area contributed by atoms with Gasteiger partial charge in [0.05, 0.1) is 51.9 Å². The molecule has 0 radical (unpaired) electrons. The number of para-hydroxylation sites is 1. The maximum atomic E-state index is 13.3. The molecular formula is C29H28N6O4. The Morgan fingerprint density at radius 2 is 1.54 bits per heavy atom. The largest absolute Gasteiger partial charge is 0.493 e. The van der Waals surface area contributed by atoms with E-state index in [1.54, 1.807) is 43.1 Å². The first kappa shape index (κ1) is 25.5. The molecule has 0 fully saturated rings. The molecule has 0 aliphatic rings. The Balaban J connectivity index is 1.32. The van der Waals surface area contributed by atoms with Gasteiger partial charge in [-0.2, -0.15) is 5.10 Å². The second-order valence-electron chi connectivity index (χ2n) is 8.66. The normalized spacial score (nSPS) is 10.7. The van der Waals surface area contributed by atoms with Gasteiger partial charge in [-0.1, -0.05) is 53.7 Å². The number of hydrogen-bond acceptors (Lipinski definition) is 7. The number of nitrogens with one attached hydrogen (secondary N) is 1. The molecule has 10 heteroatoms. The van der Waals surface area contributed by atoms with Gasteiger partial charge in [0.25, 0.3) is 5.91 Å². The highest BCUT2D eigenvalue weighted by atomic mass is 16.5. The minimum absolute atomic E-state index is 0.207. The number of amides is 1. The van der Waals surface area contributed by atoms with Crippen LogP contribution in [0.1, 0.15) is 21.6 Å². The van der Waals surface area contributed by atoms with E-state index in [2.05, 4.69) is 15.6 Å². The van der Waals surface area contributed by atoms with Gasteiger partial charge in [0.1, 0.15) is 11.4 Å². The molecular weight excluding hydrogens is 496 g/mol. The number of hydrogen-bond donors (Lipinski definition) is 1. The van der Waals surface area contributed by atoms with Crippen molar-refractivity contribution >= 4 is 5.91 Å². The van der Waals surface area contributed by atoms with Crippen molar-refractivity contribution in [1.82, 2.24) is 30.1 Å². The van der Waals surface area contributed by atoms with Gasteiger partial charge in [-0.05, 0) is 29.8 Å². The summed E-state index contributed by atoms with van der Waals surface area (Å²) in [6.45, 7) is 0.637. The number of rotatable bonds is 10. The first-order valence-corrected chi connectivity index (χ1v) is 12.3. The van der Waals surface area contributed by atoms with Crippen LogP contribution in [0.2, 0.25) is 0 Å². The van der Waals surface area contributed by atoms with Gasteiger partial charge >= 0.3 is 0 Å². The Morgan fingerprint density at radius 3 is 2.18 bits per heavy atom. The fourth-order valence-electron chi connectivity index (χ4n) is 4.24. The van der Waals surface area contributed by atoms with Gasteiger partial charge in [-0.3, -0.25) is 4.79 Å². The highest BCUT2D eigenvalue weighted by Crippen LogP contribution is 2.38. The lowest BCUT2D eigenvalue weighted by atomic mass is 10.1. The second kappa shape index (κ2) is 11.5. The Hall–Kier alpha value is -5.12. The fraction of sp³-hybridized carbons (Fsp3) is 0.172. The zero-order valence-corrected chi connectivity index (χ0v) is 21.9. The van der Waals surface area contributed by atoms with Crippen LogP contribution < -0.4 is 19.5 Å². The predicted molar refractivity (Wildman–Crippen MR) is 145 cm³/mol. The number of methoxy groups -OCH3 is 3. The third-order valence-electron chi connectivity index (χ3n) is 6.11. The molecule has 0 unspecified atom stereocenters. The minimum Gasteiger partial charge on any atom is -0.493 e. The van der Waals surface area contributed by atoms with Gasteiger partial charge in [-0.25, -0.2) is 9.36 Å².